The fourth-order valence-corrected chi connectivity index (χ4v) is 3.46. The van der Waals surface area contributed by atoms with Crippen molar-refractivity contribution in [2.24, 2.45) is 0 Å². The Morgan fingerprint density at radius 2 is 1.90 bits per heavy atom. The number of benzene rings is 2. The Labute approximate surface area is 180 Å². The normalized spacial score (nSPS) is 10.5. The summed E-state index contributed by atoms with van der Waals surface area (Å²) in [4.78, 5) is 12.3. The van der Waals surface area contributed by atoms with Crippen molar-refractivity contribution in [3.05, 3.63) is 72.6 Å². The number of anilines is 1. The van der Waals surface area contributed by atoms with Crippen molar-refractivity contribution >= 4 is 23.4 Å². The van der Waals surface area contributed by atoms with E-state index in [0.29, 0.717) is 29.0 Å². The molecule has 0 aliphatic heterocycles. The Balaban J connectivity index is 1.62. The molecule has 1 aromatic heterocycles. The van der Waals surface area contributed by atoms with E-state index in [-0.39, 0.29) is 18.3 Å². The topological polar surface area (TPSA) is 78.3 Å². The predicted molar refractivity (Wildman–Crippen MR) is 118 cm³/mol. The van der Waals surface area contributed by atoms with Crippen molar-refractivity contribution in [1.82, 2.24) is 14.8 Å². The lowest BCUT2D eigenvalue weighted by Gasteiger charge is -2.11. The summed E-state index contributed by atoms with van der Waals surface area (Å²) < 4.78 is 13.0. The van der Waals surface area contributed by atoms with Gasteiger partial charge in [-0.25, -0.2) is 0 Å². The summed E-state index contributed by atoms with van der Waals surface area (Å²) in [5.74, 6) is 2.02. The van der Waals surface area contributed by atoms with E-state index in [2.05, 4.69) is 22.1 Å². The van der Waals surface area contributed by atoms with E-state index in [4.69, 9.17) is 9.47 Å². The van der Waals surface area contributed by atoms with Gasteiger partial charge in [0.05, 0.1) is 12.9 Å². The van der Waals surface area contributed by atoms with E-state index < -0.39 is 0 Å². The molecule has 1 amide bonds. The Bertz CT molecular complexity index is 1000. The van der Waals surface area contributed by atoms with Gasteiger partial charge in [-0.1, -0.05) is 47.7 Å². The van der Waals surface area contributed by atoms with Crippen LogP contribution >= 0.6 is 11.8 Å². The number of hydrogen-bond donors (Lipinski definition) is 1. The van der Waals surface area contributed by atoms with Crippen LogP contribution in [0.25, 0.3) is 0 Å². The van der Waals surface area contributed by atoms with E-state index in [1.165, 1.54) is 11.8 Å². The van der Waals surface area contributed by atoms with Gasteiger partial charge in [-0.2, -0.15) is 0 Å². The molecule has 3 aromatic rings. The van der Waals surface area contributed by atoms with Gasteiger partial charge < -0.3 is 14.8 Å². The van der Waals surface area contributed by atoms with Crippen LogP contribution in [-0.4, -0.2) is 33.5 Å². The number of carbonyl (C=O) groups excluding carboxylic acids is 1. The first-order valence-corrected chi connectivity index (χ1v) is 10.4. The number of hydrogen-bond acceptors (Lipinski definition) is 6. The van der Waals surface area contributed by atoms with Crippen LogP contribution in [0.2, 0.25) is 0 Å². The van der Waals surface area contributed by atoms with Gasteiger partial charge in [0.1, 0.15) is 6.61 Å². The molecule has 2 aromatic carbocycles. The molecule has 7 nitrogen and oxygen atoms in total. The first kappa shape index (κ1) is 21.4. The number of ether oxygens (including phenoxy) is 2. The number of methoxy groups -OCH3 is 1. The van der Waals surface area contributed by atoms with Gasteiger partial charge in [-0.3, -0.25) is 9.36 Å². The van der Waals surface area contributed by atoms with E-state index in [9.17, 15) is 4.79 Å². The highest BCUT2D eigenvalue weighted by Crippen LogP contribution is 2.27. The second kappa shape index (κ2) is 10.5. The fourth-order valence-electron chi connectivity index (χ4n) is 2.69. The number of aryl methyl sites for hydroxylation is 1. The molecule has 0 unspecified atom stereocenters. The van der Waals surface area contributed by atoms with Gasteiger partial charge >= 0.3 is 0 Å². The molecule has 3 rings (SSSR count). The number of para-hydroxylation sites is 2. The smallest absolute Gasteiger partial charge is 0.234 e. The quantitative estimate of drug-likeness (QED) is 0.390. The maximum Gasteiger partial charge on any atom is 0.234 e. The first-order valence-electron chi connectivity index (χ1n) is 9.39. The molecule has 1 N–H and O–H groups in total. The Morgan fingerprint density at radius 3 is 2.60 bits per heavy atom. The molecule has 0 aliphatic rings. The third-order valence-corrected chi connectivity index (χ3v) is 5.17. The van der Waals surface area contributed by atoms with Crippen LogP contribution < -0.4 is 14.8 Å². The maximum absolute atomic E-state index is 12.3. The van der Waals surface area contributed by atoms with Gasteiger partial charge in [-0.15, -0.1) is 16.8 Å². The van der Waals surface area contributed by atoms with Gasteiger partial charge in [0.2, 0.25) is 5.91 Å². The molecular formula is C22H24N4O3S. The highest BCUT2D eigenvalue weighted by molar-refractivity contribution is 7.99. The van der Waals surface area contributed by atoms with Gasteiger partial charge in [-0.05, 0) is 31.2 Å². The van der Waals surface area contributed by atoms with Gasteiger partial charge in [0.15, 0.2) is 22.5 Å². The summed E-state index contributed by atoms with van der Waals surface area (Å²) in [6, 6.07) is 15.1. The number of carbonyl (C=O) groups is 1. The molecule has 0 bridgehead atoms. The zero-order valence-electron chi connectivity index (χ0n) is 17.0. The van der Waals surface area contributed by atoms with Crippen molar-refractivity contribution in [3.63, 3.8) is 0 Å². The Morgan fingerprint density at radius 1 is 1.17 bits per heavy atom. The van der Waals surface area contributed by atoms with E-state index in [0.717, 1.165) is 11.3 Å². The summed E-state index contributed by atoms with van der Waals surface area (Å²) in [7, 11) is 1.60. The van der Waals surface area contributed by atoms with Gasteiger partial charge in [0.25, 0.3) is 0 Å². The van der Waals surface area contributed by atoms with Crippen molar-refractivity contribution < 1.29 is 14.3 Å². The zero-order valence-corrected chi connectivity index (χ0v) is 17.8. The van der Waals surface area contributed by atoms with Crippen molar-refractivity contribution in [3.8, 4) is 11.5 Å². The zero-order chi connectivity index (χ0) is 21.3. The van der Waals surface area contributed by atoms with Crippen LogP contribution in [0.4, 0.5) is 5.69 Å². The van der Waals surface area contributed by atoms with Crippen molar-refractivity contribution in [1.29, 1.82) is 0 Å². The van der Waals surface area contributed by atoms with Crippen LogP contribution in [0.15, 0.2) is 66.3 Å². The number of rotatable bonds is 10. The molecule has 0 saturated heterocycles. The highest BCUT2D eigenvalue weighted by Gasteiger charge is 2.15. The molecule has 0 radical (unpaired) electrons. The Kier molecular flexibility index (Phi) is 7.51. The number of aromatic nitrogens is 3. The van der Waals surface area contributed by atoms with Crippen molar-refractivity contribution in [2.45, 2.75) is 25.2 Å². The highest BCUT2D eigenvalue weighted by atomic mass is 32.2. The third kappa shape index (κ3) is 5.64. The van der Waals surface area contributed by atoms with E-state index >= 15 is 0 Å². The number of thioether (sulfide) groups is 1. The molecule has 0 atom stereocenters. The molecule has 1 heterocycles. The van der Waals surface area contributed by atoms with Crippen molar-refractivity contribution in [2.75, 3.05) is 18.2 Å². The lowest BCUT2D eigenvalue weighted by Crippen LogP contribution is -2.15. The fraction of sp³-hybridized carbons (Fsp3) is 0.227. The third-order valence-electron chi connectivity index (χ3n) is 4.20. The van der Waals surface area contributed by atoms with Gasteiger partial charge in [0, 0.05) is 12.2 Å². The van der Waals surface area contributed by atoms with Crippen LogP contribution in [-0.2, 0) is 17.9 Å². The summed E-state index contributed by atoms with van der Waals surface area (Å²) in [6.07, 6.45) is 1.76. The van der Waals surface area contributed by atoms with E-state index in [1.807, 2.05) is 60.0 Å². The summed E-state index contributed by atoms with van der Waals surface area (Å²) in [6.45, 7) is 6.53. The number of allylic oxidation sites excluding steroid dienone is 1. The number of amides is 1. The minimum absolute atomic E-state index is 0.108. The van der Waals surface area contributed by atoms with Crippen LogP contribution in [0, 0.1) is 6.92 Å². The number of nitrogens with one attached hydrogen (secondary N) is 1. The minimum Gasteiger partial charge on any atom is -0.493 e. The largest absolute Gasteiger partial charge is 0.493 e. The molecular weight excluding hydrogens is 400 g/mol. The predicted octanol–water partition coefficient (Wildman–Crippen LogP) is 4.09. The number of nitrogens with zero attached hydrogens (tertiary/aromatic N) is 3. The van der Waals surface area contributed by atoms with Crippen LogP contribution in [0.5, 0.6) is 11.5 Å². The molecule has 0 spiro atoms. The Hall–Kier alpha value is -3.26. The standard InChI is InChI=1S/C22H24N4O3S/c1-4-13-26-20(14-29-19-8-6-5-7-18(19)28-3)24-25-22(26)30-15-21(27)23-17-11-9-16(2)10-12-17/h4-12H,1,13-15H2,2-3H3,(H,23,27). The second-order valence-electron chi connectivity index (χ2n) is 6.44. The SMILES string of the molecule is C=CCn1c(COc2ccccc2OC)nnc1SCC(=O)Nc1ccc(C)cc1. The average Bonchev–Trinajstić information content (AvgIpc) is 3.14. The average molecular weight is 425 g/mol. The monoisotopic (exact) mass is 424 g/mol. The lowest BCUT2D eigenvalue weighted by molar-refractivity contribution is -0.113. The van der Waals surface area contributed by atoms with Crippen LogP contribution in [0.1, 0.15) is 11.4 Å². The molecule has 8 heteroatoms. The lowest BCUT2D eigenvalue weighted by atomic mass is 10.2. The molecule has 0 aliphatic carbocycles. The molecule has 30 heavy (non-hydrogen) atoms. The minimum atomic E-state index is -0.108. The summed E-state index contributed by atoms with van der Waals surface area (Å²) in [5.41, 5.74) is 1.91. The molecule has 0 fully saturated rings. The molecule has 0 saturated carbocycles. The summed E-state index contributed by atoms with van der Waals surface area (Å²) >= 11 is 1.32. The molecule has 156 valence electrons. The van der Waals surface area contributed by atoms with E-state index in [1.54, 1.807) is 13.2 Å². The second-order valence-corrected chi connectivity index (χ2v) is 7.38. The maximum atomic E-state index is 12.3. The summed E-state index contributed by atoms with van der Waals surface area (Å²) in [5, 5.41) is 12.0. The first-order chi connectivity index (χ1) is 14.6. The van der Waals surface area contributed by atoms with Crippen LogP contribution in [0.3, 0.4) is 0 Å².